The van der Waals surface area contributed by atoms with E-state index in [1.807, 2.05) is 13.8 Å². The van der Waals surface area contributed by atoms with Crippen molar-refractivity contribution >= 4 is 11.6 Å². The molecule has 0 saturated carbocycles. The molecule has 0 aliphatic heterocycles. The van der Waals surface area contributed by atoms with Crippen LogP contribution >= 0.6 is 0 Å². The first-order valence-electron chi connectivity index (χ1n) is 8.41. The van der Waals surface area contributed by atoms with E-state index in [9.17, 15) is 9.18 Å². The highest BCUT2D eigenvalue weighted by molar-refractivity contribution is 5.95. The molecule has 3 aromatic rings. The van der Waals surface area contributed by atoms with Crippen molar-refractivity contribution in [2.24, 2.45) is 0 Å². The molecule has 2 heterocycles. The van der Waals surface area contributed by atoms with Gasteiger partial charge in [0.1, 0.15) is 5.82 Å². The summed E-state index contributed by atoms with van der Waals surface area (Å²) in [5.74, 6) is -0.482. The number of aryl methyl sites for hydroxylation is 2. The number of methoxy groups -OCH3 is 1. The number of halogens is 1. The van der Waals surface area contributed by atoms with Crippen molar-refractivity contribution in [2.45, 2.75) is 20.3 Å². The number of rotatable bonds is 6. The molecule has 3 rings (SSSR count). The molecule has 0 atom stereocenters. The first-order chi connectivity index (χ1) is 12.5. The van der Waals surface area contributed by atoms with Gasteiger partial charge < -0.3 is 10.1 Å². The van der Waals surface area contributed by atoms with E-state index in [1.165, 1.54) is 12.1 Å². The Bertz CT molecular complexity index is 935. The molecule has 136 valence electrons. The highest BCUT2D eigenvalue weighted by atomic mass is 19.1. The minimum Gasteiger partial charge on any atom is -0.385 e. The zero-order valence-electron chi connectivity index (χ0n) is 15.0. The summed E-state index contributed by atoms with van der Waals surface area (Å²) >= 11 is 0. The topological polar surface area (TPSA) is 68.5 Å². The van der Waals surface area contributed by atoms with E-state index in [0.29, 0.717) is 30.1 Å². The molecule has 2 aromatic heterocycles. The van der Waals surface area contributed by atoms with Gasteiger partial charge in [0, 0.05) is 32.0 Å². The lowest BCUT2D eigenvalue weighted by Gasteiger charge is -2.09. The minimum absolute atomic E-state index is 0.190. The van der Waals surface area contributed by atoms with Crippen molar-refractivity contribution in [2.75, 3.05) is 20.3 Å². The molecule has 1 aromatic carbocycles. The van der Waals surface area contributed by atoms with Crippen molar-refractivity contribution in [1.82, 2.24) is 19.9 Å². The van der Waals surface area contributed by atoms with Gasteiger partial charge >= 0.3 is 0 Å². The number of nitrogens with one attached hydrogen (secondary N) is 1. The third kappa shape index (κ3) is 3.43. The van der Waals surface area contributed by atoms with Crippen LogP contribution in [0.5, 0.6) is 0 Å². The van der Waals surface area contributed by atoms with Crippen LogP contribution in [0.2, 0.25) is 0 Å². The van der Waals surface area contributed by atoms with E-state index in [0.717, 1.165) is 23.2 Å². The van der Waals surface area contributed by atoms with Gasteiger partial charge in [-0.2, -0.15) is 5.10 Å². The van der Waals surface area contributed by atoms with E-state index in [2.05, 4.69) is 15.4 Å². The normalized spacial score (nSPS) is 11.1. The second-order valence-corrected chi connectivity index (χ2v) is 6.06. The fourth-order valence-electron chi connectivity index (χ4n) is 2.89. The molecular formula is C19H21FN4O2. The second-order valence-electron chi connectivity index (χ2n) is 6.06. The van der Waals surface area contributed by atoms with Crippen LogP contribution in [0.3, 0.4) is 0 Å². The largest absolute Gasteiger partial charge is 0.385 e. The molecular weight excluding hydrogens is 335 g/mol. The van der Waals surface area contributed by atoms with E-state index in [1.54, 1.807) is 30.0 Å². The first-order valence-corrected chi connectivity index (χ1v) is 8.41. The third-order valence-electron chi connectivity index (χ3n) is 4.25. The molecule has 7 heteroatoms. The second kappa shape index (κ2) is 7.61. The molecule has 0 aliphatic carbocycles. The van der Waals surface area contributed by atoms with Gasteiger partial charge in [-0.25, -0.2) is 13.9 Å². The fraction of sp³-hybridized carbons (Fsp3) is 0.316. The highest BCUT2D eigenvalue weighted by Crippen LogP contribution is 2.28. The molecule has 0 saturated heterocycles. The van der Waals surface area contributed by atoms with E-state index in [4.69, 9.17) is 4.74 Å². The maximum Gasteiger partial charge on any atom is 0.254 e. The molecule has 1 amide bonds. The summed E-state index contributed by atoms with van der Waals surface area (Å²) in [6, 6.07) is 6.22. The van der Waals surface area contributed by atoms with Crippen molar-refractivity contribution in [3.05, 3.63) is 53.2 Å². The molecule has 6 nitrogen and oxygen atoms in total. The van der Waals surface area contributed by atoms with E-state index < -0.39 is 0 Å². The zero-order chi connectivity index (χ0) is 18.7. The van der Waals surface area contributed by atoms with Crippen molar-refractivity contribution < 1.29 is 13.9 Å². The minimum atomic E-state index is -0.292. The van der Waals surface area contributed by atoms with Crippen LogP contribution in [0.4, 0.5) is 4.39 Å². The monoisotopic (exact) mass is 356 g/mol. The number of fused-ring (bicyclic) bond motifs is 1. The fourth-order valence-corrected chi connectivity index (χ4v) is 2.89. The highest BCUT2D eigenvalue weighted by Gasteiger charge is 2.18. The maximum atomic E-state index is 13.2. The summed E-state index contributed by atoms with van der Waals surface area (Å²) in [5, 5.41) is 7.38. The average Bonchev–Trinajstić information content (AvgIpc) is 2.97. The molecule has 0 unspecified atom stereocenters. The SMILES string of the molecule is COCCCNC(=O)c1cnc2c(-c3ccc(F)cc3)c(C)nn2c1C. The van der Waals surface area contributed by atoms with Crippen molar-refractivity contribution in [1.29, 1.82) is 0 Å². The van der Waals surface area contributed by atoms with Crippen LogP contribution in [0.25, 0.3) is 16.8 Å². The number of carbonyl (C=O) groups excluding carboxylic acids is 1. The molecule has 0 bridgehead atoms. The van der Waals surface area contributed by atoms with Crippen LogP contribution in [-0.4, -0.2) is 40.8 Å². The summed E-state index contributed by atoms with van der Waals surface area (Å²) in [6.45, 7) is 4.83. The van der Waals surface area contributed by atoms with Gasteiger partial charge in [0.25, 0.3) is 5.91 Å². The van der Waals surface area contributed by atoms with Crippen LogP contribution in [-0.2, 0) is 4.74 Å². The van der Waals surface area contributed by atoms with Crippen LogP contribution in [0.1, 0.15) is 28.2 Å². The first kappa shape index (κ1) is 18.0. The van der Waals surface area contributed by atoms with Crippen LogP contribution < -0.4 is 5.32 Å². The third-order valence-corrected chi connectivity index (χ3v) is 4.25. The Hall–Kier alpha value is -2.80. The Morgan fingerprint density at radius 2 is 2.00 bits per heavy atom. The zero-order valence-corrected chi connectivity index (χ0v) is 15.0. The smallest absolute Gasteiger partial charge is 0.254 e. The van der Waals surface area contributed by atoms with Gasteiger partial charge in [-0.1, -0.05) is 12.1 Å². The van der Waals surface area contributed by atoms with Gasteiger partial charge in [0.2, 0.25) is 0 Å². The number of carbonyl (C=O) groups is 1. The Labute approximate surface area is 151 Å². The summed E-state index contributed by atoms with van der Waals surface area (Å²) in [4.78, 5) is 16.8. The van der Waals surface area contributed by atoms with Crippen molar-refractivity contribution in [3.8, 4) is 11.1 Å². The van der Waals surface area contributed by atoms with Gasteiger partial charge in [0.15, 0.2) is 5.65 Å². The van der Waals surface area contributed by atoms with Gasteiger partial charge in [-0.3, -0.25) is 4.79 Å². The quantitative estimate of drug-likeness (QED) is 0.690. The Morgan fingerprint density at radius 3 is 2.69 bits per heavy atom. The molecule has 0 radical (unpaired) electrons. The summed E-state index contributed by atoms with van der Waals surface area (Å²) in [6.07, 6.45) is 2.30. The van der Waals surface area contributed by atoms with Crippen LogP contribution in [0, 0.1) is 19.7 Å². The molecule has 26 heavy (non-hydrogen) atoms. The van der Waals surface area contributed by atoms with Gasteiger partial charge in [0.05, 0.1) is 17.0 Å². The number of ether oxygens (including phenoxy) is 1. The van der Waals surface area contributed by atoms with Crippen molar-refractivity contribution in [3.63, 3.8) is 0 Å². The Balaban J connectivity index is 1.95. The number of nitrogens with zero attached hydrogens (tertiary/aromatic N) is 3. The summed E-state index contributed by atoms with van der Waals surface area (Å²) in [7, 11) is 1.63. The molecule has 0 fully saturated rings. The van der Waals surface area contributed by atoms with E-state index in [-0.39, 0.29) is 11.7 Å². The van der Waals surface area contributed by atoms with Gasteiger partial charge in [-0.05, 0) is 38.0 Å². The lowest BCUT2D eigenvalue weighted by Crippen LogP contribution is -2.26. The van der Waals surface area contributed by atoms with Crippen LogP contribution in [0.15, 0.2) is 30.5 Å². The average molecular weight is 356 g/mol. The number of hydrogen-bond donors (Lipinski definition) is 1. The van der Waals surface area contributed by atoms with E-state index >= 15 is 0 Å². The number of amides is 1. The summed E-state index contributed by atoms with van der Waals surface area (Å²) in [5.41, 5.74) is 4.26. The van der Waals surface area contributed by atoms with Gasteiger partial charge in [-0.15, -0.1) is 0 Å². The number of benzene rings is 1. The molecule has 0 spiro atoms. The molecule has 1 N–H and O–H groups in total. The predicted molar refractivity (Wildman–Crippen MR) is 96.7 cm³/mol. The molecule has 0 aliphatic rings. The predicted octanol–water partition coefficient (Wildman–Crippen LogP) is 2.92. The lowest BCUT2D eigenvalue weighted by atomic mass is 10.1. The Kier molecular flexibility index (Phi) is 5.27. The standard InChI is InChI=1S/C19H21FN4O2/c1-12-17(14-5-7-15(20)8-6-14)18-22-11-16(13(2)24(18)23-12)19(25)21-9-4-10-26-3/h5-8,11H,4,9-10H2,1-3H3,(H,21,25). The number of aromatic nitrogens is 3. The maximum absolute atomic E-state index is 13.2. The lowest BCUT2D eigenvalue weighted by molar-refractivity contribution is 0.0947. The number of hydrogen-bond acceptors (Lipinski definition) is 4. The summed E-state index contributed by atoms with van der Waals surface area (Å²) < 4.78 is 19.8. The Morgan fingerprint density at radius 1 is 1.27 bits per heavy atom.